The van der Waals surface area contributed by atoms with Gasteiger partial charge in [-0.1, -0.05) is 6.92 Å². The fraction of sp³-hybridized carbons (Fsp3) is 0.250. The zero-order valence-corrected chi connectivity index (χ0v) is 15.2. The van der Waals surface area contributed by atoms with Gasteiger partial charge in [-0.3, -0.25) is 9.78 Å². The van der Waals surface area contributed by atoms with E-state index in [9.17, 15) is 18.0 Å². The zero-order valence-electron chi connectivity index (χ0n) is 15.2. The normalized spacial score (nSPS) is 20.8. The molecule has 3 aromatic rings. The maximum absolute atomic E-state index is 14.2. The molecule has 0 bridgehead atoms. The van der Waals surface area contributed by atoms with Crippen molar-refractivity contribution in [2.24, 2.45) is 5.92 Å². The van der Waals surface area contributed by atoms with Crippen molar-refractivity contribution in [2.45, 2.75) is 25.7 Å². The number of carbonyl (C=O) groups excluding carboxylic acids is 1. The van der Waals surface area contributed by atoms with Crippen LogP contribution >= 0.6 is 0 Å². The lowest BCUT2D eigenvalue weighted by atomic mass is 9.97. The Kier molecular flexibility index (Phi) is 4.21. The average Bonchev–Trinajstić information content (AvgIpc) is 3.19. The Morgan fingerprint density at radius 2 is 1.96 bits per heavy atom. The summed E-state index contributed by atoms with van der Waals surface area (Å²) in [4.78, 5) is 17.0. The fourth-order valence-corrected chi connectivity index (χ4v) is 3.55. The van der Waals surface area contributed by atoms with Crippen molar-refractivity contribution in [1.82, 2.24) is 14.8 Å². The number of aromatic nitrogens is 3. The molecule has 1 fully saturated rings. The number of anilines is 1. The molecule has 1 amide bonds. The van der Waals surface area contributed by atoms with E-state index >= 15 is 0 Å². The molecule has 1 aliphatic carbocycles. The van der Waals surface area contributed by atoms with Crippen LogP contribution in [0.15, 0.2) is 42.6 Å². The molecule has 2 aromatic heterocycles. The molecule has 28 heavy (non-hydrogen) atoms. The molecule has 1 N–H and O–H groups in total. The molecule has 5 nitrogen and oxygen atoms in total. The van der Waals surface area contributed by atoms with E-state index in [4.69, 9.17) is 0 Å². The highest BCUT2D eigenvalue weighted by atomic mass is 19.1. The van der Waals surface area contributed by atoms with E-state index in [2.05, 4.69) is 15.4 Å². The van der Waals surface area contributed by atoms with Crippen LogP contribution in [-0.4, -0.2) is 20.7 Å². The predicted molar refractivity (Wildman–Crippen MR) is 96.5 cm³/mol. The zero-order chi connectivity index (χ0) is 20.1. The molecule has 0 saturated heterocycles. The Morgan fingerprint density at radius 3 is 2.61 bits per heavy atom. The summed E-state index contributed by atoms with van der Waals surface area (Å²) < 4.78 is 42.7. The van der Waals surface area contributed by atoms with Crippen molar-refractivity contribution in [3.8, 4) is 5.69 Å². The molecular formula is C20H17F3N4O. The predicted octanol–water partition coefficient (Wildman–Crippen LogP) is 3.91. The first kappa shape index (κ1) is 18.2. The fourth-order valence-electron chi connectivity index (χ4n) is 3.55. The first-order chi connectivity index (χ1) is 13.3. The van der Waals surface area contributed by atoms with Crippen LogP contribution in [0, 0.1) is 30.3 Å². The molecule has 2 unspecified atom stereocenters. The van der Waals surface area contributed by atoms with Crippen LogP contribution in [0.25, 0.3) is 5.69 Å². The van der Waals surface area contributed by atoms with E-state index in [-0.39, 0.29) is 23.1 Å². The van der Waals surface area contributed by atoms with Crippen molar-refractivity contribution >= 4 is 11.7 Å². The van der Waals surface area contributed by atoms with Gasteiger partial charge in [-0.25, -0.2) is 17.9 Å². The minimum absolute atomic E-state index is 0.0599. The van der Waals surface area contributed by atoms with Gasteiger partial charge in [0.1, 0.15) is 17.3 Å². The van der Waals surface area contributed by atoms with Gasteiger partial charge in [-0.15, -0.1) is 5.10 Å². The minimum Gasteiger partial charge on any atom is -0.308 e. The van der Waals surface area contributed by atoms with Crippen LogP contribution in [0.2, 0.25) is 0 Å². The molecule has 1 aliphatic rings. The van der Waals surface area contributed by atoms with E-state index in [0.29, 0.717) is 12.1 Å². The number of hydrogen-bond donors (Lipinski definition) is 1. The number of nitrogens with zero attached hydrogens (tertiary/aromatic N) is 3. The Balaban J connectivity index is 1.63. The van der Waals surface area contributed by atoms with Crippen LogP contribution < -0.4 is 5.32 Å². The van der Waals surface area contributed by atoms with E-state index in [0.717, 1.165) is 12.1 Å². The van der Waals surface area contributed by atoms with Gasteiger partial charge in [0.05, 0.1) is 11.1 Å². The van der Waals surface area contributed by atoms with Crippen LogP contribution in [0.4, 0.5) is 19.0 Å². The first-order valence-electron chi connectivity index (χ1n) is 8.77. The van der Waals surface area contributed by atoms with Crippen LogP contribution in [0.5, 0.6) is 0 Å². The summed E-state index contributed by atoms with van der Waals surface area (Å²) in [6, 6.07) is 7.47. The Hall–Kier alpha value is -3.16. The highest BCUT2D eigenvalue weighted by Crippen LogP contribution is 2.54. The largest absolute Gasteiger partial charge is 0.308 e. The van der Waals surface area contributed by atoms with E-state index in [1.165, 1.54) is 29.1 Å². The van der Waals surface area contributed by atoms with Crippen molar-refractivity contribution < 1.29 is 18.0 Å². The van der Waals surface area contributed by atoms with Gasteiger partial charge in [-0.05, 0) is 43.5 Å². The van der Waals surface area contributed by atoms with Crippen molar-refractivity contribution in [3.05, 3.63) is 71.4 Å². The SMILES string of the molecule is Cc1cc(NC(=O)C2(c3ncccc3F)CC2C)nn1-c1ccc(F)cc1F. The number of amides is 1. The summed E-state index contributed by atoms with van der Waals surface area (Å²) in [5.41, 5.74) is -0.336. The average molecular weight is 386 g/mol. The summed E-state index contributed by atoms with van der Waals surface area (Å²) >= 11 is 0. The summed E-state index contributed by atoms with van der Waals surface area (Å²) in [5.74, 6) is -2.29. The second-order valence-corrected chi connectivity index (χ2v) is 7.04. The maximum atomic E-state index is 14.2. The number of hydrogen-bond acceptors (Lipinski definition) is 3. The quantitative estimate of drug-likeness (QED) is 0.740. The topological polar surface area (TPSA) is 59.8 Å². The van der Waals surface area contributed by atoms with Gasteiger partial charge in [0.15, 0.2) is 11.6 Å². The maximum Gasteiger partial charge on any atom is 0.238 e. The molecule has 1 saturated carbocycles. The summed E-state index contributed by atoms with van der Waals surface area (Å²) in [5, 5.41) is 6.89. The van der Waals surface area contributed by atoms with Gasteiger partial charge in [0.25, 0.3) is 0 Å². The number of pyridine rings is 1. The standard InChI is InChI=1S/C20H17F3N4O/c1-11-10-20(11,18-14(22)4-3-7-24-18)19(28)25-17-8-12(2)27(26-17)16-6-5-13(21)9-15(16)23/h3-9,11H,10H2,1-2H3,(H,25,26,28). The summed E-state index contributed by atoms with van der Waals surface area (Å²) in [6.45, 7) is 3.53. The molecule has 144 valence electrons. The Bertz CT molecular complexity index is 1080. The number of rotatable bonds is 4. The summed E-state index contributed by atoms with van der Waals surface area (Å²) in [7, 11) is 0. The third-order valence-electron chi connectivity index (χ3n) is 5.16. The highest BCUT2D eigenvalue weighted by molar-refractivity contribution is 6.01. The lowest BCUT2D eigenvalue weighted by Crippen LogP contribution is -2.31. The Morgan fingerprint density at radius 1 is 1.21 bits per heavy atom. The van der Waals surface area contributed by atoms with Gasteiger partial charge in [-0.2, -0.15) is 0 Å². The second-order valence-electron chi connectivity index (χ2n) is 7.04. The Labute approximate surface area is 159 Å². The molecule has 8 heteroatoms. The third-order valence-corrected chi connectivity index (χ3v) is 5.16. The van der Waals surface area contributed by atoms with Crippen molar-refractivity contribution in [2.75, 3.05) is 5.32 Å². The molecule has 0 aliphatic heterocycles. The van der Waals surface area contributed by atoms with Gasteiger partial charge in [0.2, 0.25) is 5.91 Å². The van der Waals surface area contributed by atoms with E-state index in [1.54, 1.807) is 13.0 Å². The van der Waals surface area contributed by atoms with Crippen LogP contribution in [-0.2, 0) is 10.2 Å². The summed E-state index contributed by atoms with van der Waals surface area (Å²) in [6.07, 6.45) is 1.92. The molecule has 1 aromatic carbocycles. The second kappa shape index (κ2) is 6.47. The van der Waals surface area contributed by atoms with Gasteiger partial charge >= 0.3 is 0 Å². The molecule has 0 radical (unpaired) electrons. The van der Waals surface area contributed by atoms with Crippen LogP contribution in [0.1, 0.15) is 24.7 Å². The van der Waals surface area contributed by atoms with E-state index in [1.807, 2.05) is 6.92 Å². The third kappa shape index (κ3) is 2.85. The number of nitrogens with one attached hydrogen (secondary N) is 1. The van der Waals surface area contributed by atoms with Gasteiger partial charge in [0, 0.05) is 24.0 Å². The smallest absolute Gasteiger partial charge is 0.238 e. The molecular weight excluding hydrogens is 369 g/mol. The lowest BCUT2D eigenvalue weighted by Gasteiger charge is -2.15. The molecule has 4 rings (SSSR count). The van der Waals surface area contributed by atoms with Crippen molar-refractivity contribution in [1.29, 1.82) is 0 Å². The number of aryl methyl sites for hydroxylation is 1. The molecule has 2 heterocycles. The van der Waals surface area contributed by atoms with Gasteiger partial charge < -0.3 is 5.32 Å². The minimum atomic E-state index is -1.05. The number of carbonyl (C=O) groups is 1. The van der Waals surface area contributed by atoms with E-state index < -0.39 is 28.8 Å². The molecule has 2 atom stereocenters. The highest BCUT2D eigenvalue weighted by Gasteiger charge is 2.61. The number of benzene rings is 1. The first-order valence-corrected chi connectivity index (χ1v) is 8.77. The monoisotopic (exact) mass is 386 g/mol. The lowest BCUT2D eigenvalue weighted by molar-refractivity contribution is -0.119. The van der Waals surface area contributed by atoms with Crippen LogP contribution in [0.3, 0.4) is 0 Å². The number of halogens is 3. The van der Waals surface area contributed by atoms with Crippen molar-refractivity contribution in [3.63, 3.8) is 0 Å². The molecule has 0 spiro atoms.